The van der Waals surface area contributed by atoms with Crippen LogP contribution in [0.5, 0.6) is 0 Å². The first-order valence-corrected chi connectivity index (χ1v) is 29.4. The van der Waals surface area contributed by atoms with Gasteiger partial charge in [-0.25, -0.2) is 9.59 Å². The van der Waals surface area contributed by atoms with Crippen LogP contribution in [-0.4, -0.2) is 131 Å². The van der Waals surface area contributed by atoms with Crippen molar-refractivity contribution >= 4 is 26.5 Å². The minimum Gasteiger partial charge on any atom is -0.457 e. The van der Waals surface area contributed by atoms with Crippen LogP contribution in [0.4, 0.5) is 9.59 Å². The normalized spacial score (nSPS) is 24.4. The van der Waals surface area contributed by atoms with Crippen LogP contribution in [0.25, 0.3) is 21.6 Å². The third-order valence-electron chi connectivity index (χ3n) is 15.4. The Bertz CT molecular complexity index is 2610. The van der Waals surface area contributed by atoms with Crippen molar-refractivity contribution in [2.24, 2.45) is 11.0 Å². The summed E-state index contributed by atoms with van der Waals surface area (Å²) in [4.78, 5) is 44.9. The van der Waals surface area contributed by atoms with Gasteiger partial charge >= 0.3 is 18.2 Å². The third-order valence-corrected chi connectivity index (χ3v) is 19.9. The van der Waals surface area contributed by atoms with E-state index in [2.05, 4.69) is 49.6 Å². The molecular weight excluding hydrogens is 1020 g/mol. The highest BCUT2D eigenvalue weighted by Crippen LogP contribution is 2.47. The minimum atomic E-state index is -2.87. The van der Waals surface area contributed by atoms with Gasteiger partial charge in [0, 0.05) is 10.8 Å². The Hall–Kier alpha value is -6.16. The zero-order valence-corrected chi connectivity index (χ0v) is 46.4. The van der Waals surface area contributed by atoms with Crippen LogP contribution in [0.15, 0.2) is 127 Å². The number of hydrogen-bond donors (Lipinski definition) is 3. The lowest BCUT2D eigenvalue weighted by atomic mass is 9.95. The van der Waals surface area contributed by atoms with Crippen molar-refractivity contribution in [3.63, 3.8) is 0 Å². The summed E-state index contributed by atoms with van der Waals surface area (Å²) in [6, 6.07) is 31.5. The van der Waals surface area contributed by atoms with Crippen molar-refractivity contribution in [1.82, 2.24) is 5.32 Å². The highest BCUT2D eigenvalue weighted by Gasteiger charge is 2.55. The van der Waals surface area contributed by atoms with E-state index in [0.29, 0.717) is 6.42 Å². The molecule has 4 unspecified atom stereocenters. The van der Waals surface area contributed by atoms with Gasteiger partial charge in [0.2, 0.25) is 0 Å². The predicted molar refractivity (Wildman–Crippen MR) is 290 cm³/mol. The molecule has 2 heterocycles. The number of amides is 1. The maximum atomic E-state index is 14.3. The zero-order chi connectivity index (χ0) is 56.0. The molecule has 1 aliphatic carbocycles. The number of alkyl carbamates (subject to hydrolysis) is 1. The molecule has 420 valence electrons. The van der Waals surface area contributed by atoms with Gasteiger partial charge in [-0.2, -0.15) is 0 Å². The second-order valence-electron chi connectivity index (χ2n) is 21.0. The van der Waals surface area contributed by atoms with Crippen molar-refractivity contribution in [2.75, 3.05) is 26.4 Å². The number of nitrogens with zero attached hydrogens (tertiary/aromatic N) is 3. The Morgan fingerprint density at radius 3 is 2.00 bits per heavy atom. The lowest BCUT2D eigenvalue weighted by molar-refractivity contribution is -0.300. The number of rotatable bonds is 25. The van der Waals surface area contributed by atoms with E-state index in [1.54, 1.807) is 0 Å². The van der Waals surface area contributed by atoms with Crippen molar-refractivity contribution in [3.05, 3.63) is 155 Å². The minimum absolute atomic E-state index is 0.0431. The van der Waals surface area contributed by atoms with E-state index in [1.807, 2.05) is 129 Å². The molecule has 2 saturated heterocycles. The van der Waals surface area contributed by atoms with Crippen LogP contribution < -0.4 is 5.32 Å². The van der Waals surface area contributed by atoms with Gasteiger partial charge < -0.3 is 62.6 Å². The quantitative estimate of drug-likeness (QED) is 0.0106. The summed E-state index contributed by atoms with van der Waals surface area (Å²) in [6.45, 7) is 16.5. The molecule has 7 rings (SSSR count). The van der Waals surface area contributed by atoms with Crippen molar-refractivity contribution in [2.45, 2.75) is 152 Å². The van der Waals surface area contributed by atoms with E-state index in [-0.39, 0.29) is 49.7 Å². The number of nitrogens with one attached hydrogen (secondary N) is 1. The van der Waals surface area contributed by atoms with E-state index in [4.69, 9.17) is 47.1 Å². The van der Waals surface area contributed by atoms with Gasteiger partial charge in [0.15, 0.2) is 27.0 Å². The summed E-state index contributed by atoms with van der Waals surface area (Å²) in [7, 11) is -2.87. The molecule has 3 N–H and O–H groups in total. The van der Waals surface area contributed by atoms with Crippen LogP contribution in [0, 0.1) is 5.92 Å². The fourth-order valence-electron chi connectivity index (χ4n) is 9.78. The number of ether oxygens (including phenoxy) is 9. The second kappa shape index (κ2) is 27.6. The number of carbonyl (C=O) groups is 3. The first kappa shape index (κ1) is 59.5. The van der Waals surface area contributed by atoms with Gasteiger partial charge in [-0.1, -0.05) is 162 Å². The molecule has 78 heavy (non-hydrogen) atoms. The molecule has 19 nitrogen and oxygen atoms in total. The second-order valence-corrected chi connectivity index (χ2v) is 25.5. The third kappa shape index (κ3) is 14.5. The molecule has 11 atom stereocenters. The fourth-order valence-corrected chi connectivity index (χ4v) is 12.3. The van der Waals surface area contributed by atoms with Gasteiger partial charge in [-0.15, -0.1) is 0 Å². The zero-order valence-electron chi connectivity index (χ0n) is 45.4. The van der Waals surface area contributed by atoms with Gasteiger partial charge in [0.25, 0.3) is 0 Å². The van der Waals surface area contributed by atoms with Crippen molar-refractivity contribution < 1.29 is 71.7 Å². The molecule has 3 aliphatic rings. The molecule has 4 aromatic rings. The maximum Gasteiger partial charge on any atom is 0.508 e. The topological polar surface area (TPSA) is 245 Å². The number of hydrogen-bond acceptors (Lipinski definition) is 16. The lowest BCUT2D eigenvalue weighted by Gasteiger charge is -2.50. The number of fused-ring (bicyclic) bond motifs is 3. The van der Waals surface area contributed by atoms with Gasteiger partial charge in [0.05, 0.1) is 39.0 Å². The Balaban J connectivity index is 1.22. The number of carbonyl (C=O) groups excluding carboxylic acids is 3. The van der Waals surface area contributed by atoms with Crippen LogP contribution >= 0.6 is 0 Å². The van der Waals surface area contributed by atoms with Crippen LogP contribution in [0.3, 0.4) is 0 Å². The summed E-state index contributed by atoms with van der Waals surface area (Å²) < 4.78 is 62.6. The first-order chi connectivity index (χ1) is 37.5. The Kier molecular flexibility index (Phi) is 21.1. The molecule has 0 spiro atoms. The molecule has 4 aromatic carbocycles. The number of aliphatic hydroxyl groups is 2. The Morgan fingerprint density at radius 2 is 1.41 bits per heavy atom. The summed E-state index contributed by atoms with van der Waals surface area (Å²) in [5, 5.41) is 29.1. The summed E-state index contributed by atoms with van der Waals surface area (Å²) in [5.74, 6) is -0.954. The van der Waals surface area contributed by atoms with Gasteiger partial charge in [-0.05, 0) is 69.4 Å². The molecule has 0 bridgehead atoms. The number of azide groups is 1. The van der Waals surface area contributed by atoms with E-state index >= 15 is 0 Å². The van der Waals surface area contributed by atoms with E-state index in [0.717, 1.165) is 33.4 Å². The first-order valence-electron chi connectivity index (χ1n) is 26.5. The SMILES string of the molecule is C=CCOC(=O)O[C@@H]1C(N=[N+]=[N-])[C@@H](O[Si](C)(C)C(C)(C)C(C)C)OC(CO[C@@H]2OC(CO)[C@@H](O)[C@H](OC(=O)C[C@@H](CC)OCc3ccccc3)C2NC(=O)OCC2c3ccccc3-c3ccccc32)[C@H]1OCc1ccccc1. The Labute approximate surface area is 457 Å². The smallest absolute Gasteiger partial charge is 0.457 e. The average Bonchev–Trinajstić information content (AvgIpc) is 3.91. The van der Waals surface area contributed by atoms with Crippen molar-refractivity contribution in [3.8, 4) is 11.1 Å². The molecule has 1 amide bonds. The van der Waals surface area contributed by atoms with Crippen LogP contribution in [0.2, 0.25) is 18.1 Å². The number of esters is 1. The largest absolute Gasteiger partial charge is 0.508 e. The Morgan fingerprint density at radius 1 is 0.808 bits per heavy atom. The molecule has 2 aliphatic heterocycles. The molecule has 0 aromatic heterocycles. The average molecular weight is 1100 g/mol. The maximum absolute atomic E-state index is 14.3. The van der Waals surface area contributed by atoms with Crippen LogP contribution in [-0.2, 0) is 65.1 Å². The standard InChI is InChI=1S/C58H74N4O15Si/c1-9-29-68-57(67)76-53-49(61-62-59)55(77-78(7,8)58(5,6)36(3)4)74-46(51(53)70-33-38-23-15-12-16-24-38)35-71-54-48(60-56(66)72-34-44-42-27-19-17-25-40(42)41-26-18-20-28-43(41)44)52(50(65)45(31-63)73-54)75-47(64)30-39(10-2)69-32-37-21-13-11-14-22-37/h9,11-28,36,39,44-46,48-55,63,65H,1,10,29-35H2,2-8H3,(H,60,66)/t39-,45?,46?,48?,49?,50-,51-,52-,53-,54-,55-/m1/s1. The van der Waals surface area contributed by atoms with Gasteiger partial charge in [-0.3, -0.25) is 4.79 Å². The predicted octanol–water partition coefficient (Wildman–Crippen LogP) is 9.64. The molecule has 20 heteroatoms. The number of benzene rings is 4. The summed E-state index contributed by atoms with van der Waals surface area (Å²) in [5.41, 5.74) is 15.7. The van der Waals surface area contributed by atoms with Crippen LogP contribution in [0.1, 0.15) is 75.6 Å². The summed E-state index contributed by atoms with van der Waals surface area (Å²) >= 11 is 0. The number of aliphatic hydroxyl groups excluding tert-OH is 2. The molecule has 0 saturated carbocycles. The summed E-state index contributed by atoms with van der Waals surface area (Å²) in [6.07, 6.45) is -12.7. The monoisotopic (exact) mass is 1090 g/mol. The highest BCUT2D eigenvalue weighted by atomic mass is 28.4. The fraction of sp³-hybridized carbons (Fsp3) is 0.500. The molecular formula is C58H74N4O15Si. The van der Waals surface area contributed by atoms with Crippen molar-refractivity contribution in [1.29, 1.82) is 0 Å². The van der Waals surface area contributed by atoms with E-state index in [9.17, 15) is 30.1 Å². The highest BCUT2D eigenvalue weighted by molar-refractivity contribution is 6.74. The van der Waals surface area contributed by atoms with Gasteiger partial charge in [0.1, 0.15) is 55.8 Å². The van der Waals surface area contributed by atoms with E-state index in [1.165, 1.54) is 6.08 Å². The lowest BCUT2D eigenvalue weighted by Crippen LogP contribution is -2.67. The molecule has 0 radical (unpaired) electrons. The van der Waals surface area contributed by atoms with E-state index < -0.39 is 107 Å². The molecule has 2 fully saturated rings.